The van der Waals surface area contributed by atoms with Crippen LogP contribution in [0.3, 0.4) is 0 Å². The number of ether oxygens (including phenoxy) is 4. The highest BCUT2D eigenvalue weighted by molar-refractivity contribution is 6.48. The number of benzene rings is 2. The third-order valence-corrected chi connectivity index (χ3v) is 8.97. The van der Waals surface area contributed by atoms with Gasteiger partial charge >= 0.3 is 0 Å². The minimum Gasteiger partial charge on any atom is -0.486 e. The number of methoxy groups -OCH3 is 1. The maximum Gasteiger partial charge on any atom is 0.229 e. The van der Waals surface area contributed by atoms with Gasteiger partial charge in [0.05, 0.1) is 12.7 Å². The Labute approximate surface area is 238 Å². The Morgan fingerprint density at radius 2 is 1.70 bits per heavy atom. The topological polar surface area (TPSA) is 107 Å². The van der Waals surface area contributed by atoms with E-state index in [-0.39, 0.29) is 6.61 Å². The van der Waals surface area contributed by atoms with Gasteiger partial charge in [0.15, 0.2) is 17.1 Å². The van der Waals surface area contributed by atoms with E-state index in [1.54, 1.807) is 0 Å². The van der Waals surface area contributed by atoms with E-state index in [0.717, 1.165) is 35.5 Å². The second kappa shape index (κ2) is 11.0. The molecule has 3 N–H and O–H groups in total. The summed E-state index contributed by atoms with van der Waals surface area (Å²) in [6.07, 6.45) is -0.839. The summed E-state index contributed by atoms with van der Waals surface area (Å²) in [5.41, 5.74) is 1.35. The quantitative estimate of drug-likeness (QED) is 0.410. The summed E-state index contributed by atoms with van der Waals surface area (Å²) in [4.78, 5) is 0. The fourth-order valence-electron chi connectivity index (χ4n) is 5.95. The van der Waals surface area contributed by atoms with Gasteiger partial charge in [-0.3, -0.25) is 0 Å². The van der Waals surface area contributed by atoms with E-state index in [1.165, 1.54) is 12.7 Å². The lowest BCUT2D eigenvalue weighted by molar-refractivity contribution is -0.416. The van der Waals surface area contributed by atoms with Crippen LogP contribution >= 0.6 is 0 Å². The van der Waals surface area contributed by atoms with Crippen molar-refractivity contribution in [2.75, 3.05) is 26.9 Å². The Kier molecular flexibility index (Phi) is 8.13. The third-order valence-electron chi connectivity index (χ3n) is 8.25. The molecule has 2 heterocycles. The summed E-state index contributed by atoms with van der Waals surface area (Å²) in [6.45, 7) is 10.5. The predicted molar refractivity (Wildman–Crippen MR) is 152 cm³/mol. The molecule has 5 rings (SSSR count). The molecule has 1 radical (unpaired) electrons. The van der Waals surface area contributed by atoms with Crippen LogP contribution in [0, 0.1) is 5.41 Å². The zero-order valence-corrected chi connectivity index (χ0v) is 25.4. The molecule has 0 spiro atoms. The van der Waals surface area contributed by atoms with Gasteiger partial charge in [-0.05, 0) is 78.6 Å². The summed E-state index contributed by atoms with van der Waals surface area (Å²) >= 11 is 0. The Morgan fingerprint density at radius 1 is 1.00 bits per heavy atom. The Balaban J connectivity index is 1.60. The molecule has 40 heavy (non-hydrogen) atoms. The van der Waals surface area contributed by atoms with Crippen molar-refractivity contribution in [3.63, 3.8) is 0 Å². The van der Waals surface area contributed by atoms with Gasteiger partial charge in [-0.2, -0.15) is 0 Å². The normalized spacial score (nSPS) is 30.5. The molecule has 2 aromatic carbocycles. The highest BCUT2D eigenvalue weighted by atomic mass is 28.3. The van der Waals surface area contributed by atoms with Gasteiger partial charge in [0.25, 0.3) is 0 Å². The Hall–Kier alpha value is -1.98. The van der Waals surface area contributed by atoms with Crippen molar-refractivity contribution in [2.24, 2.45) is 5.41 Å². The molecule has 5 atom stereocenters. The fourth-order valence-corrected chi connectivity index (χ4v) is 6.46. The lowest BCUT2D eigenvalue weighted by atomic mass is 9.71. The second-order valence-electron chi connectivity index (χ2n) is 12.6. The summed E-state index contributed by atoms with van der Waals surface area (Å²) in [5, 5.41) is 34.9. The van der Waals surface area contributed by atoms with E-state index in [1.807, 2.05) is 64.2 Å². The lowest BCUT2D eigenvalue weighted by Crippen LogP contribution is -2.74. The molecule has 1 saturated carbocycles. The number of rotatable bonds is 8. The molecule has 0 bridgehead atoms. The average molecular weight is 572 g/mol. The van der Waals surface area contributed by atoms with E-state index in [2.05, 4.69) is 6.07 Å². The van der Waals surface area contributed by atoms with Gasteiger partial charge in [-0.25, -0.2) is 0 Å². The van der Waals surface area contributed by atoms with Crippen LogP contribution in [0.2, 0.25) is 13.1 Å². The van der Waals surface area contributed by atoms with Crippen molar-refractivity contribution in [2.45, 2.75) is 88.7 Å². The molecular formula is C31H43O8Si. The van der Waals surface area contributed by atoms with Crippen LogP contribution in [0.4, 0.5) is 0 Å². The zero-order valence-electron chi connectivity index (χ0n) is 24.4. The summed E-state index contributed by atoms with van der Waals surface area (Å²) in [7, 11) is 0.223. The summed E-state index contributed by atoms with van der Waals surface area (Å²) < 4.78 is 30.2. The molecule has 1 saturated heterocycles. The summed E-state index contributed by atoms with van der Waals surface area (Å²) in [6, 6.07) is 12.0. The highest BCUT2D eigenvalue weighted by Gasteiger charge is 2.67. The molecule has 2 fully saturated rings. The van der Waals surface area contributed by atoms with Crippen LogP contribution in [0.25, 0.3) is 0 Å². The smallest absolute Gasteiger partial charge is 0.229 e. The maximum atomic E-state index is 12.2. The van der Waals surface area contributed by atoms with E-state index < -0.39 is 44.2 Å². The molecule has 219 valence electrons. The van der Waals surface area contributed by atoms with Crippen molar-refractivity contribution in [1.82, 2.24) is 0 Å². The van der Waals surface area contributed by atoms with Crippen molar-refractivity contribution < 1.29 is 38.7 Å². The van der Waals surface area contributed by atoms with Crippen LogP contribution in [0.1, 0.15) is 61.8 Å². The van der Waals surface area contributed by atoms with Gasteiger partial charge in [0.2, 0.25) is 14.8 Å². The average Bonchev–Trinajstić information content (AvgIpc) is 3.76. The Bertz CT molecular complexity index is 1210. The third kappa shape index (κ3) is 5.33. The van der Waals surface area contributed by atoms with Crippen LogP contribution in [0.15, 0.2) is 36.4 Å². The van der Waals surface area contributed by atoms with Crippen molar-refractivity contribution in [3.8, 4) is 11.5 Å². The number of fused-ring (bicyclic) bond motifs is 1. The van der Waals surface area contributed by atoms with Gasteiger partial charge in [0, 0.05) is 12.7 Å². The molecule has 8 nitrogen and oxygen atoms in total. The van der Waals surface area contributed by atoms with Crippen LogP contribution in [-0.4, -0.2) is 75.2 Å². The molecule has 9 heteroatoms. The maximum absolute atomic E-state index is 12.2. The van der Waals surface area contributed by atoms with Gasteiger partial charge in [0.1, 0.15) is 25.4 Å². The molecule has 0 aromatic heterocycles. The minimum atomic E-state index is -2.07. The Morgan fingerprint density at radius 3 is 2.33 bits per heavy atom. The van der Waals surface area contributed by atoms with Gasteiger partial charge in [-0.1, -0.05) is 39.0 Å². The highest BCUT2D eigenvalue weighted by Crippen LogP contribution is 2.51. The van der Waals surface area contributed by atoms with Gasteiger partial charge in [-0.15, -0.1) is 0 Å². The monoisotopic (exact) mass is 571 g/mol. The fraction of sp³-hybridized carbons (Fsp3) is 0.613. The number of hydrogen-bond acceptors (Lipinski definition) is 8. The molecule has 1 aliphatic carbocycles. The summed E-state index contributed by atoms with van der Waals surface area (Å²) in [5.74, 6) is 0.183. The van der Waals surface area contributed by atoms with E-state index in [4.69, 9.17) is 23.4 Å². The first-order valence-electron chi connectivity index (χ1n) is 14.2. The molecule has 1 unspecified atom stereocenters. The van der Waals surface area contributed by atoms with Crippen molar-refractivity contribution in [1.29, 1.82) is 0 Å². The standard InChI is InChI=1S/C31H43O8Si/c1-29(2,3)28-26(32)27(33)30(34,18-38-40(5)6)31(35-4,39-28)22-10-11-23(20-8-9-20)21(17-22)15-19-7-12-24-25(16-19)37-14-13-36-24/h7,10-12,16-17,20,26-28,32-34H,8-9,13-15,18H2,1-6H3/t26-,27-,28-,30+,31?/m0/s1. The molecule has 3 aliphatic rings. The van der Waals surface area contributed by atoms with Crippen LogP contribution in [0.5, 0.6) is 11.5 Å². The second-order valence-corrected chi connectivity index (χ2v) is 14.7. The lowest BCUT2D eigenvalue weighted by Gasteiger charge is -2.57. The number of aliphatic hydroxyl groups excluding tert-OH is 2. The first kappa shape index (κ1) is 29.5. The predicted octanol–water partition coefficient (Wildman–Crippen LogP) is 3.89. The molecule has 0 amide bonds. The largest absolute Gasteiger partial charge is 0.486 e. The van der Waals surface area contributed by atoms with Gasteiger partial charge < -0.3 is 38.7 Å². The first-order chi connectivity index (χ1) is 18.9. The molecule has 2 aromatic rings. The first-order valence-corrected chi connectivity index (χ1v) is 16.6. The van der Waals surface area contributed by atoms with E-state index in [0.29, 0.717) is 31.1 Å². The molecular weight excluding hydrogens is 528 g/mol. The van der Waals surface area contributed by atoms with Crippen molar-refractivity contribution in [3.05, 3.63) is 58.7 Å². The zero-order chi connectivity index (χ0) is 28.9. The number of hydrogen-bond donors (Lipinski definition) is 3. The SMILES string of the molecule is COC1(c2ccc(C3CC3)c(Cc3ccc4c(c3)OCCO4)c2)O[C@H](C(C)(C)C)[C@@H](O)[C@H](O)[C@]1(O)CO[Si](C)C. The van der Waals surface area contributed by atoms with Crippen LogP contribution < -0.4 is 9.47 Å². The molecule has 2 aliphatic heterocycles. The van der Waals surface area contributed by atoms with E-state index in [9.17, 15) is 15.3 Å². The van der Waals surface area contributed by atoms with Crippen LogP contribution in [-0.2, 0) is 26.1 Å². The minimum absolute atomic E-state index is 0.251. The van der Waals surface area contributed by atoms with Crippen molar-refractivity contribution >= 4 is 9.04 Å². The number of aliphatic hydroxyl groups is 3. The van der Waals surface area contributed by atoms with E-state index >= 15 is 0 Å².